The number of benzene rings is 1. The molecule has 25 heavy (non-hydrogen) atoms. The Morgan fingerprint density at radius 1 is 1.32 bits per heavy atom. The van der Waals surface area contributed by atoms with Gasteiger partial charge in [-0.2, -0.15) is 5.10 Å². The molecule has 2 aromatic rings. The largest absolute Gasteiger partial charge is 0.366 e. The van der Waals surface area contributed by atoms with Crippen molar-refractivity contribution >= 4 is 11.6 Å². The Kier molecular flexibility index (Phi) is 4.46. The molecule has 8 heteroatoms. The van der Waals surface area contributed by atoms with Crippen LogP contribution >= 0.6 is 0 Å². The van der Waals surface area contributed by atoms with Crippen molar-refractivity contribution in [2.24, 2.45) is 0 Å². The molecule has 1 saturated heterocycles. The Labute approximate surface area is 144 Å². The molecule has 1 unspecified atom stereocenters. The molecule has 0 spiro atoms. The van der Waals surface area contributed by atoms with Crippen LogP contribution in [0.1, 0.15) is 49.2 Å². The molecule has 3 N–H and O–H groups in total. The molecule has 0 saturated carbocycles. The number of hydrogen-bond acceptors (Lipinski definition) is 5. The van der Waals surface area contributed by atoms with Gasteiger partial charge in [-0.3, -0.25) is 9.89 Å². The lowest BCUT2D eigenvalue weighted by Crippen LogP contribution is -2.30. The van der Waals surface area contributed by atoms with E-state index in [1.165, 1.54) is 18.5 Å². The second kappa shape index (κ2) is 6.89. The number of aromatic nitrogens is 3. The zero-order valence-corrected chi connectivity index (χ0v) is 13.7. The molecule has 2 aliphatic heterocycles. The number of H-pyrrole nitrogens is 1. The monoisotopic (exact) mass is 345 g/mol. The topological polar surface area (TPSA) is 91.9 Å². The SMILES string of the molecule is O=C1CCC(NC[C@H]2CC[C@@H](c3ncn[nH]3)O2)c2cc(F)ccc2N1. The normalized spacial score (nSPS) is 26.1. The first-order chi connectivity index (χ1) is 12.2. The Balaban J connectivity index is 1.41. The highest BCUT2D eigenvalue weighted by molar-refractivity contribution is 5.92. The summed E-state index contributed by atoms with van der Waals surface area (Å²) in [7, 11) is 0. The number of nitrogens with zero attached hydrogens (tertiary/aromatic N) is 2. The Bertz CT molecular complexity index is 752. The number of hydrogen-bond donors (Lipinski definition) is 3. The van der Waals surface area contributed by atoms with Crippen LogP contribution in [-0.2, 0) is 9.53 Å². The molecular weight excluding hydrogens is 325 g/mol. The Morgan fingerprint density at radius 3 is 3.08 bits per heavy atom. The fourth-order valence-corrected chi connectivity index (χ4v) is 3.49. The molecule has 0 aliphatic carbocycles. The van der Waals surface area contributed by atoms with E-state index in [4.69, 9.17) is 4.74 Å². The van der Waals surface area contributed by atoms with Gasteiger partial charge in [0.05, 0.1) is 6.10 Å². The predicted octanol–water partition coefficient (Wildman–Crippen LogP) is 2.23. The van der Waals surface area contributed by atoms with Crippen molar-refractivity contribution in [1.82, 2.24) is 20.5 Å². The van der Waals surface area contributed by atoms with Crippen LogP contribution in [0.4, 0.5) is 10.1 Å². The summed E-state index contributed by atoms with van der Waals surface area (Å²) < 4.78 is 19.7. The number of carbonyl (C=O) groups is 1. The third-order valence-corrected chi connectivity index (χ3v) is 4.76. The number of nitrogens with one attached hydrogen (secondary N) is 3. The number of aromatic amines is 1. The molecule has 4 rings (SSSR count). The molecule has 1 aromatic heterocycles. The summed E-state index contributed by atoms with van der Waals surface area (Å²) in [5, 5.41) is 13.0. The minimum Gasteiger partial charge on any atom is -0.366 e. The van der Waals surface area contributed by atoms with Crippen LogP contribution in [0.3, 0.4) is 0 Å². The summed E-state index contributed by atoms with van der Waals surface area (Å²) >= 11 is 0. The average molecular weight is 345 g/mol. The Hall–Kier alpha value is -2.32. The molecule has 1 aromatic carbocycles. The van der Waals surface area contributed by atoms with Crippen molar-refractivity contribution in [2.75, 3.05) is 11.9 Å². The van der Waals surface area contributed by atoms with Crippen molar-refractivity contribution in [3.8, 4) is 0 Å². The number of ether oxygens (including phenoxy) is 1. The van der Waals surface area contributed by atoms with Crippen molar-refractivity contribution in [2.45, 2.75) is 43.9 Å². The molecule has 0 bridgehead atoms. The Morgan fingerprint density at radius 2 is 2.24 bits per heavy atom. The van der Waals surface area contributed by atoms with Crippen LogP contribution in [0.15, 0.2) is 24.5 Å². The standard InChI is InChI=1S/C17H20FN5O2/c18-10-1-3-14-12(7-10)13(4-6-16(24)22-14)19-8-11-2-5-15(25-11)17-20-9-21-23-17/h1,3,7,9,11,13,15,19H,2,4-6,8H2,(H,22,24)(H,20,21,23)/t11-,13?,15+/m1/s1. The maximum Gasteiger partial charge on any atom is 0.224 e. The lowest BCUT2D eigenvalue weighted by Gasteiger charge is -2.21. The highest BCUT2D eigenvalue weighted by Crippen LogP contribution is 2.33. The molecule has 0 radical (unpaired) electrons. The first-order valence-electron chi connectivity index (χ1n) is 8.52. The van der Waals surface area contributed by atoms with E-state index in [0.717, 1.165) is 24.2 Å². The van der Waals surface area contributed by atoms with Crippen LogP contribution in [0.5, 0.6) is 0 Å². The summed E-state index contributed by atoms with van der Waals surface area (Å²) in [6.45, 7) is 0.638. The zero-order chi connectivity index (χ0) is 17.2. The van der Waals surface area contributed by atoms with Gasteiger partial charge in [-0.15, -0.1) is 0 Å². The van der Waals surface area contributed by atoms with E-state index in [9.17, 15) is 9.18 Å². The van der Waals surface area contributed by atoms with Crippen LogP contribution in [0.25, 0.3) is 0 Å². The fourth-order valence-electron chi connectivity index (χ4n) is 3.49. The number of halogens is 1. The summed E-state index contributed by atoms with van der Waals surface area (Å²) in [6.07, 6.45) is 4.30. The number of anilines is 1. The average Bonchev–Trinajstić information content (AvgIpc) is 3.25. The minimum atomic E-state index is -0.302. The summed E-state index contributed by atoms with van der Waals surface area (Å²) in [6, 6.07) is 4.39. The molecule has 3 heterocycles. The van der Waals surface area contributed by atoms with E-state index in [0.29, 0.717) is 25.1 Å². The number of rotatable bonds is 4. The van der Waals surface area contributed by atoms with Gasteiger partial charge in [0.2, 0.25) is 5.91 Å². The van der Waals surface area contributed by atoms with E-state index in [1.807, 2.05) is 0 Å². The van der Waals surface area contributed by atoms with Gasteiger partial charge in [-0.25, -0.2) is 9.37 Å². The first-order valence-corrected chi connectivity index (χ1v) is 8.52. The second-order valence-corrected chi connectivity index (χ2v) is 6.47. The minimum absolute atomic E-state index is 0.0420. The molecule has 1 amide bonds. The van der Waals surface area contributed by atoms with Crippen LogP contribution in [-0.4, -0.2) is 33.7 Å². The number of fused-ring (bicyclic) bond motifs is 1. The van der Waals surface area contributed by atoms with E-state index in [-0.39, 0.29) is 30.0 Å². The lowest BCUT2D eigenvalue weighted by molar-refractivity contribution is -0.116. The van der Waals surface area contributed by atoms with Crippen LogP contribution in [0, 0.1) is 5.82 Å². The quantitative estimate of drug-likeness (QED) is 0.790. The molecule has 2 aliphatic rings. The van der Waals surface area contributed by atoms with Gasteiger partial charge in [-0.05, 0) is 43.0 Å². The highest BCUT2D eigenvalue weighted by atomic mass is 19.1. The molecule has 132 valence electrons. The first kappa shape index (κ1) is 16.2. The summed E-state index contributed by atoms with van der Waals surface area (Å²) in [4.78, 5) is 16.0. The van der Waals surface area contributed by atoms with Gasteiger partial charge in [0.15, 0.2) is 5.82 Å². The van der Waals surface area contributed by atoms with Crippen molar-refractivity contribution in [3.63, 3.8) is 0 Å². The van der Waals surface area contributed by atoms with E-state index in [2.05, 4.69) is 25.8 Å². The van der Waals surface area contributed by atoms with E-state index < -0.39 is 0 Å². The highest BCUT2D eigenvalue weighted by Gasteiger charge is 2.30. The van der Waals surface area contributed by atoms with Gasteiger partial charge < -0.3 is 15.4 Å². The van der Waals surface area contributed by atoms with E-state index >= 15 is 0 Å². The van der Waals surface area contributed by atoms with Crippen LogP contribution < -0.4 is 10.6 Å². The van der Waals surface area contributed by atoms with Gasteiger partial charge in [0.25, 0.3) is 0 Å². The third kappa shape index (κ3) is 3.54. The van der Waals surface area contributed by atoms with Crippen molar-refractivity contribution in [3.05, 3.63) is 41.7 Å². The maximum atomic E-state index is 13.7. The van der Waals surface area contributed by atoms with E-state index in [1.54, 1.807) is 6.07 Å². The van der Waals surface area contributed by atoms with Gasteiger partial charge >= 0.3 is 0 Å². The number of carbonyl (C=O) groups excluding carboxylic acids is 1. The number of amides is 1. The molecule has 7 nitrogen and oxygen atoms in total. The predicted molar refractivity (Wildman–Crippen MR) is 88.2 cm³/mol. The van der Waals surface area contributed by atoms with Gasteiger partial charge in [0.1, 0.15) is 18.2 Å². The van der Waals surface area contributed by atoms with Crippen molar-refractivity contribution < 1.29 is 13.9 Å². The molecule has 1 fully saturated rings. The molecule has 3 atom stereocenters. The lowest BCUT2D eigenvalue weighted by atomic mass is 10.0. The smallest absolute Gasteiger partial charge is 0.224 e. The fraction of sp³-hybridized carbons (Fsp3) is 0.471. The zero-order valence-electron chi connectivity index (χ0n) is 13.7. The third-order valence-electron chi connectivity index (χ3n) is 4.76. The van der Waals surface area contributed by atoms with Crippen LogP contribution in [0.2, 0.25) is 0 Å². The maximum absolute atomic E-state index is 13.7. The summed E-state index contributed by atoms with van der Waals surface area (Å²) in [5.74, 6) is 0.406. The summed E-state index contributed by atoms with van der Waals surface area (Å²) in [5.41, 5.74) is 1.46. The van der Waals surface area contributed by atoms with Gasteiger partial charge in [-0.1, -0.05) is 0 Å². The molecular formula is C17H20FN5O2. The van der Waals surface area contributed by atoms with Gasteiger partial charge in [0, 0.05) is 24.7 Å². The second-order valence-electron chi connectivity index (χ2n) is 6.47. The van der Waals surface area contributed by atoms with Crippen molar-refractivity contribution in [1.29, 1.82) is 0 Å².